The zero-order valence-corrected chi connectivity index (χ0v) is 16.0. The monoisotopic (exact) mass is 400 g/mol. The lowest BCUT2D eigenvalue weighted by Crippen LogP contribution is -2.44. The van der Waals surface area contributed by atoms with E-state index in [1.54, 1.807) is 7.05 Å². The molecule has 0 spiro atoms. The minimum absolute atomic E-state index is 0. The summed E-state index contributed by atoms with van der Waals surface area (Å²) in [5.74, 6) is 0.868. The number of unbranched alkanes of at least 4 members (excludes halogenated alkanes) is 1. The highest BCUT2D eigenvalue weighted by Crippen LogP contribution is 1.96. The van der Waals surface area contributed by atoms with Gasteiger partial charge in [0.15, 0.2) is 5.96 Å². The smallest absolute Gasteiger partial charge is 0.191 e. The van der Waals surface area contributed by atoms with Gasteiger partial charge >= 0.3 is 0 Å². The zero-order valence-electron chi connectivity index (χ0n) is 13.7. The van der Waals surface area contributed by atoms with Crippen LogP contribution in [0.15, 0.2) is 4.99 Å². The highest BCUT2D eigenvalue weighted by Gasteiger charge is 2.07. The van der Waals surface area contributed by atoms with Crippen molar-refractivity contribution >= 4 is 29.9 Å². The minimum Gasteiger partial charge on any atom is -0.382 e. The number of nitrogens with one attached hydrogen (secondary N) is 3. The average molecular weight is 400 g/mol. The molecule has 5 nitrogen and oxygen atoms in total. The van der Waals surface area contributed by atoms with Gasteiger partial charge in [-0.15, -0.1) is 24.0 Å². The molecule has 0 saturated carbocycles. The molecule has 0 radical (unpaired) electrons. The van der Waals surface area contributed by atoms with E-state index in [1.807, 2.05) is 6.92 Å². The van der Waals surface area contributed by atoms with Crippen molar-refractivity contribution in [3.63, 3.8) is 0 Å². The molecule has 122 valence electrons. The molecule has 0 aromatic rings. The van der Waals surface area contributed by atoms with Crippen LogP contribution >= 0.6 is 24.0 Å². The summed E-state index contributed by atoms with van der Waals surface area (Å²) in [4.78, 5) is 4.19. The van der Waals surface area contributed by atoms with Crippen LogP contribution in [0.3, 0.4) is 0 Å². The SMILES string of the molecule is CCOCCCCNC(=NC)NCCNC(C)(C)C.I. The van der Waals surface area contributed by atoms with Gasteiger partial charge in [0.05, 0.1) is 0 Å². The third-order valence-corrected chi connectivity index (χ3v) is 2.51. The van der Waals surface area contributed by atoms with Gasteiger partial charge in [-0.25, -0.2) is 0 Å². The van der Waals surface area contributed by atoms with Crippen molar-refractivity contribution in [1.29, 1.82) is 0 Å². The van der Waals surface area contributed by atoms with Crippen LogP contribution in [0, 0.1) is 0 Å². The molecule has 0 fully saturated rings. The number of halogens is 1. The lowest BCUT2D eigenvalue weighted by atomic mass is 10.1. The van der Waals surface area contributed by atoms with Crippen molar-refractivity contribution in [1.82, 2.24) is 16.0 Å². The van der Waals surface area contributed by atoms with Crippen LogP contribution in [0.2, 0.25) is 0 Å². The predicted octanol–water partition coefficient (Wildman–Crippen LogP) is 1.97. The summed E-state index contributed by atoms with van der Waals surface area (Å²) in [5.41, 5.74) is 0.165. The Kier molecular flexibility index (Phi) is 15.4. The number of rotatable bonds is 9. The van der Waals surface area contributed by atoms with Crippen molar-refractivity contribution in [2.45, 2.75) is 46.1 Å². The van der Waals surface area contributed by atoms with Gasteiger partial charge in [-0.3, -0.25) is 4.99 Å². The molecule has 0 aromatic carbocycles. The molecule has 0 heterocycles. The predicted molar refractivity (Wildman–Crippen MR) is 98.3 cm³/mol. The third-order valence-electron chi connectivity index (χ3n) is 2.51. The number of ether oxygens (including phenoxy) is 1. The fourth-order valence-electron chi connectivity index (χ4n) is 1.52. The van der Waals surface area contributed by atoms with Crippen molar-refractivity contribution < 1.29 is 4.74 Å². The van der Waals surface area contributed by atoms with Gasteiger partial charge in [0.1, 0.15) is 0 Å². The number of nitrogens with zero attached hydrogens (tertiary/aromatic N) is 1. The average Bonchev–Trinajstić information content (AvgIpc) is 2.34. The van der Waals surface area contributed by atoms with Crippen LogP contribution in [0.25, 0.3) is 0 Å². The Bertz CT molecular complexity index is 242. The van der Waals surface area contributed by atoms with E-state index in [2.05, 4.69) is 41.7 Å². The second kappa shape index (κ2) is 13.9. The number of aliphatic imine (C=N–C) groups is 1. The molecular formula is C14H33IN4O. The maximum Gasteiger partial charge on any atom is 0.191 e. The summed E-state index contributed by atoms with van der Waals surface area (Å²) in [7, 11) is 1.80. The molecule has 0 atom stereocenters. The maximum atomic E-state index is 5.30. The van der Waals surface area contributed by atoms with Crippen LogP contribution in [-0.2, 0) is 4.74 Å². The molecule has 6 heteroatoms. The first kappa shape index (κ1) is 22.2. The summed E-state index contributed by atoms with van der Waals surface area (Å²) in [5, 5.41) is 10.0. The Hall–Kier alpha value is -0.0800. The lowest BCUT2D eigenvalue weighted by molar-refractivity contribution is 0.143. The molecular weight excluding hydrogens is 367 g/mol. The fourth-order valence-corrected chi connectivity index (χ4v) is 1.52. The summed E-state index contributed by atoms with van der Waals surface area (Å²) >= 11 is 0. The summed E-state index contributed by atoms with van der Waals surface area (Å²) in [6.45, 7) is 12.9. The molecule has 0 rings (SSSR count). The molecule has 0 aliphatic carbocycles. The van der Waals surface area contributed by atoms with Crippen molar-refractivity contribution in [2.75, 3.05) is 39.9 Å². The van der Waals surface area contributed by atoms with Gasteiger partial charge in [-0.1, -0.05) is 0 Å². The molecule has 0 unspecified atom stereocenters. The standard InChI is InChI=1S/C14H32N4O.HI/c1-6-19-12-8-7-9-16-13(15-5)17-10-11-18-14(2,3)4;/h18H,6-12H2,1-5H3,(H2,15,16,17);1H. The third kappa shape index (κ3) is 16.0. The summed E-state index contributed by atoms with van der Waals surface area (Å²) < 4.78 is 5.30. The van der Waals surface area contributed by atoms with Gasteiger partial charge in [-0.05, 0) is 40.5 Å². The Morgan fingerprint density at radius 3 is 2.25 bits per heavy atom. The van der Waals surface area contributed by atoms with E-state index >= 15 is 0 Å². The van der Waals surface area contributed by atoms with E-state index < -0.39 is 0 Å². The second-order valence-corrected chi connectivity index (χ2v) is 5.51. The van der Waals surface area contributed by atoms with Crippen LogP contribution < -0.4 is 16.0 Å². The summed E-state index contributed by atoms with van der Waals surface area (Å²) in [6, 6.07) is 0. The molecule has 3 N–H and O–H groups in total. The Morgan fingerprint density at radius 1 is 1.05 bits per heavy atom. The molecule has 0 amide bonds. The second-order valence-electron chi connectivity index (χ2n) is 5.51. The van der Waals surface area contributed by atoms with E-state index in [9.17, 15) is 0 Å². The first-order chi connectivity index (χ1) is 8.99. The van der Waals surface area contributed by atoms with Crippen LogP contribution in [0.4, 0.5) is 0 Å². The fraction of sp³-hybridized carbons (Fsp3) is 0.929. The Morgan fingerprint density at radius 2 is 1.70 bits per heavy atom. The van der Waals surface area contributed by atoms with Crippen LogP contribution in [0.5, 0.6) is 0 Å². The molecule has 0 saturated heterocycles. The van der Waals surface area contributed by atoms with Gasteiger partial charge < -0.3 is 20.7 Å². The highest BCUT2D eigenvalue weighted by molar-refractivity contribution is 14.0. The maximum absolute atomic E-state index is 5.30. The molecule has 0 aliphatic rings. The molecule has 20 heavy (non-hydrogen) atoms. The molecule has 0 aliphatic heterocycles. The molecule has 0 aromatic heterocycles. The quantitative estimate of drug-likeness (QED) is 0.240. The lowest BCUT2D eigenvalue weighted by Gasteiger charge is -2.21. The van der Waals surface area contributed by atoms with E-state index in [0.717, 1.165) is 51.6 Å². The number of guanidine groups is 1. The van der Waals surface area contributed by atoms with E-state index in [1.165, 1.54) is 0 Å². The van der Waals surface area contributed by atoms with Gasteiger partial charge in [0, 0.05) is 45.4 Å². The normalized spacial score (nSPS) is 11.9. The van der Waals surface area contributed by atoms with Gasteiger partial charge in [0.25, 0.3) is 0 Å². The van der Waals surface area contributed by atoms with E-state index in [4.69, 9.17) is 4.74 Å². The summed E-state index contributed by atoms with van der Waals surface area (Å²) in [6.07, 6.45) is 2.18. The van der Waals surface area contributed by atoms with Crippen molar-refractivity contribution in [3.8, 4) is 0 Å². The zero-order chi connectivity index (χ0) is 14.6. The first-order valence-electron chi connectivity index (χ1n) is 7.27. The van der Waals surface area contributed by atoms with E-state index in [-0.39, 0.29) is 29.5 Å². The Labute approximate surface area is 141 Å². The van der Waals surface area contributed by atoms with Crippen LogP contribution in [0.1, 0.15) is 40.5 Å². The van der Waals surface area contributed by atoms with Gasteiger partial charge in [0.2, 0.25) is 0 Å². The van der Waals surface area contributed by atoms with Crippen molar-refractivity contribution in [3.05, 3.63) is 0 Å². The topological polar surface area (TPSA) is 57.7 Å². The Balaban J connectivity index is 0. The highest BCUT2D eigenvalue weighted by atomic mass is 127. The van der Waals surface area contributed by atoms with E-state index in [0.29, 0.717) is 0 Å². The molecule has 0 bridgehead atoms. The number of hydrogen-bond acceptors (Lipinski definition) is 3. The minimum atomic E-state index is 0. The number of hydrogen-bond donors (Lipinski definition) is 3. The van der Waals surface area contributed by atoms with Crippen LogP contribution in [-0.4, -0.2) is 51.4 Å². The van der Waals surface area contributed by atoms with Gasteiger partial charge in [-0.2, -0.15) is 0 Å². The van der Waals surface area contributed by atoms with Crippen molar-refractivity contribution in [2.24, 2.45) is 4.99 Å². The largest absolute Gasteiger partial charge is 0.382 e. The first-order valence-corrected chi connectivity index (χ1v) is 7.27.